The molecule has 2 aromatic rings. The minimum Gasteiger partial charge on any atom is -0.497 e. The minimum atomic E-state index is -3.73. The average Bonchev–Trinajstić information content (AvgIpc) is 3.16. The van der Waals surface area contributed by atoms with Gasteiger partial charge in [-0.05, 0) is 69.0 Å². The van der Waals surface area contributed by atoms with E-state index >= 15 is 0 Å². The molecule has 0 amide bonds. The third kappa shape index (κ3) is 4.39. The zero-order valence-corrected chi connectivity index (χ0v) is 18.9. The predicted molar refractivity (Wildman–Crippen MR) is 114 cm³/mol. The molecule has 0 spiro atoms. The summed E-state index contributed by atoms with van der Waals surface area (Å²) in [4.78, 5) is 12.1. The smallest absolute Gasteiger partial charge is 0.305 e. The van der Waals surface area contributed by atoms with Gasteiger partial charge in [-0.25, -0.2) is 8.42 Å². The molecule has 3 rings (SSSR count). The second-order valence-electron chi connectivity index (χ2n) is 7.55. The van der Waals surface area contributed by atoms with Gasteiger partial charge in [0.25, 0.3) is 0 Å². The first-order chi connectivity index (χ1) is 14.3. The number of aromatic nitrogens is 1. The number of rotatable bonds is 8. The van der Waals surface area contributed by atoms with E-state index in [1.807, 2.05) is 18.3 Å². The molecule has 7 nitrogen and oxygen atoms in total. The van der Waals surface area contributed by atoms with E-state index in [0.29, 0.717) is 54.3 Å². The third-order valence-electron chi connectivity index (χ3n) is 5.51. The average molecular weight is 435 g/mol. The summed E-state index contributed by atoms with van der Waals surface area (Å²) in [5, 5.41) is 0. The summed E-state index contributed by atoms with van der Waals surface area (Å²) in [6, 6.07) is 7.08. The molecule has 8 heteroatoms. The number of nitrogens with zero attached hydrogens (tertiary/aromatic N) is 2. The summed E-state index contributed by atoms with van der Waals surface area (Å²) in [6.07, 6.45) is 3.36. The van der Waals surface area contributed by atoms with Crippen LogP contribution < -0.4 is 4.74 Å². The van der Waals surface area contributed by atoms with Gasteiger partial charge in [-0.3, -0.25) is 4.79 Å². The summed E-state index contributed by atoms with van der Waals surface area (Å²) >= 11 is 0. The quantitative estimate of drug-likeness (QED) is 0.594. The fraction of sp³-hybridized carbons (Fsp3) is 0.500. The summed E-state index contributed by atoms with van der Waals surface area (Å²) in [5.41, 5.74) is 2.29. The molecule has 1 aliphatic rings. The van der Waals surface area contributed by atoms with Gasteiger partial charge in [-0.15, -0.1) is 0 Å². The Kier molecular flexibility index (Phi) is 6.88. The lowest BCUT2D eigenvalue weighted by atomic mass is 10.0. The molecule has 0 saturated heterocycles. The molecule has 0 N–H and O–H groups in total. The molecular weight excluding hydrogens is 404 g/mol. The Hall–Kier alpha value is -2.32. The molecule has 1 aliphatic heterocycles. The van der Waals surface area contributed by atoms with Gasteiger partial charge in [0, 0.05) is 31.4 Å². The SMILES string of the molecule is CCOC(=O)CCCC1c2cccn2CCN1S(=O)(=O)c1c(C)cc(OC)cc1C. The van der Waals surface area contributed by atoms with Crippen molar-refractivity contribution in [1.82, 2.24) is 8.87 Å². The highest BCUT2D eigenvalue weighted by Gasteiger charge is 2.37. The van der Waals surface area contributed by atoms with Gasteiger partial charge >= 0.3 is 5.97 Å². The van der Waals surface area contributed by atoms with Crippen molar-refractivity contribution in [3.63, 3.8) is 0 Å². The lowest BCUT2D eigenvalue weighted by molar-refractivity contribution is -0.143. The number of methoxy groups -OCH3 is 1. The molecule has 0 bridgehead atoms. The van der Waals surface area contributed by atoms with Crippen molar-refractivity contribution in [3.05, 3.63) is 47.3 Å². The van der Waals surface area contributed by atoms with E-state index < -0.39 is 10.0 Å². The standard InChI is InChI=1S/C22H30N2O5S/c1-5-29-21(25)10-6-8-20-19-9-7-11-23(19)12-13-24(20)30(26,27)22-16(2)14-18(28-4)15-17(22)3/h7,9,11,14-15,20H,5-6,8,10,12-13H2,1-4H3. The summed E-state index contributed by atoms with van der Waals surface area (Å²) in [6.45, 7) is 6.71. The number of carbonyl (C=O) groups excluding carboxylic acids is 1. The predicted octanol–water partition coefficient (Wildman–Crippen LogP) is 3.59. The van der Waals surface area contributed by atoms with Crippen LogP contribution in [0.25, 0.3) is 0 Å². The van der Waals surface area contributed by atoms with Gasteiger partial charge in [-0.1, -0.05) is 0 Å². The van der Waals surface area contributed by atoms with Crippen molar-refractivity contribution in [3.8, 4) is 5.75 Å². The van der Waals surface area contributed by atoms with E-state index in [9.17, 15) is 13.2 Å². The molecule has 1 atom stereocenters. The van der Waals surface area contributed by atoms with E-state index in [2.05, 4.69) is 4.57 Å². The second-order valence-corrected chi connectivity index (χ2v) is 9.37. The molecular formula is C22H30N2O5S. The molecule has 0 aliphatic carbocycles. The van der Waals surface area contributed by atoms with Crippen LogP contribution in [0.3, 0.4) is 0 Å². The minimum absolute atomic E-state index is 0.250. The van der Waals surface area contributed by atoms with E-state index in [0.717, 1.165) is 5.69 Å². The van der Waals surface area contributed by atoms with Crippen LogP contribution in [0.1, 0.15) is 49.0 Å². The molecule has 2 heterocycles. The number of ether oxygens (including phenoxy) is 2. The number of sulfonamides is 1. The molecule has 1 unspecified atom stereocenters. The van der Waals surface area contributed by atoms with Crippen molar-refractivity contribution < 1.29 is 22.7 Å². The second kappa shape index (κ2) is 9.22. The van der Waals surface area contributed by atoms with Crippen molar-refractivity contribution in [2.45, 2.75) is 57.5 Å². The topological polar surface area (TPSA) is 77.8 Å². The molecule has 0 fully saturated rings. The van der Waals surface area contributed by atoms with Crippen LogP contribution in [0, 0.1) is 13.8 Å². The number of benzene rings is 1. The van der Waals surface area contributed by atoms with Crippen LogP contribution in [0.2, 0.25) is 0 Å². The van der Waals surface area contributed by atoms with E-state index in [1.165, 1.54) is 0 Å². The Morgan fingerprint density at radius 3 is 2.53 bits per heavy atom. The Balaban J connectivity index is 1.93. The van der Waals surface area contributed by atoms with Gasteiger partial charge in [0.1, 0.15) is 5.75 Å². The summed E-state index contributed by atoms with van der Waals surface area (Å²) < 4.78 is 41.5. The van der Waals surface area contributed by atoms with Gasteiger partial charge in [0.2, 0.25) is 10.0 Å². The fourth-order valence-electron chi connectivity index (χ4n) is 4.25. The molecule has 0 radical (unpaired) electrons. The largest absolute Gasteiger partial charge is 0.497 e. The normalized spacial score (nSPS) is 16.9. The van der Waals surface area contributed by atoms with Crippen LogP contribution in [-0.2, 0) is 26.1 Å². The number of fused-ring (bicyclic) bond motifs is 1. The van der Waals surface area contributed by atoms with E-state index in [4.69, 9.17) is 9.47 Å². The van der Waals surface area contributed by atoms with Crippen LogP contribution in [-0.4, -0.2) is 43.5 Å². The maximum atomic E-state index is 13.8. The highest BCUT2D eigenvalue weighted by Crippen LogP contribution is 2.37. The number of aryl methyl sites for hydroxylation is 2. The summed E-state index contributed by atoms with van der Waals surface area (Å²) in [5.74, 6) is 0.391. The lowest BCUT2D eigenvalue weighted by Crippen LogP contribution is -2.42. The maximum absolute atomic E-state index is 13.8. The monoisotopic (exact) mass is 434 g/mol. The van der Waals surface area contributed by atoms with E-state index in [1.54, 1.807) is 44.3 Å². The van der Waals surface area contributed by atoms with Crippen molar-refractivity contribution in [2.75, 3.05) is 20.3 Å². The fourth-order valence-corrected chi connectivity index (χ4v) is 6.28. The number of carbonyl (C=O) groups is 1. The number of esters is 1. The van der Waals surface area contributed by atoms with Gasteiger partial charge in [0.15, 0.2) is 0 Å². The van der Waals surface area contributed by atoms with Gasteiger partial charge in [0.05, 0.1) is 24.7 Å². The Morgan fingerprint density at radius 1 is 1.20 bits per heavy atom. The highest BCUT2D eigenvalue weighted by atomic mass is 32.2. The first kappa shape index (κ1) is 22.4. The Morgan fingerprint density at radius 2 is 1.90 bits per heavy atom. The van der Waals surface area contributed by atoms with Gasteiger partial charge in [-0.2, -0.15) is 4.31 Å². The Bertz CT molecular complexity index is 989. The van der Waals surface area contributed by atoms with Gasteiger partial charge < -0.3 is 14.0 Å². The molecule has 0 saturated carbocycles. The molecule has 1 aromatic heterocycles. The van der Waals surface area contributed by atoms with Crippen LogP contribution in [0.5, 0.6) is 5.75 Å². The lowest BCUT2D eigenvalue weighted by Gasteiger charge is -2.36. The van der Waals surface area contributed by atoms with Crippen LogP contribution in [0.15, 0.2) is 35.4 Å². The Labute approximate surface area is 178 Å². The third-order valence-corrected chi connectivity index (χ3v) is 7.73. The number of hydrogen-bond acceptors (Lipinski definition) is 5. The van der Waals surface area contributed by atoms with Crippen LogP contribution in [0.4, 0.5) is 0 Å². The van der Waals surface area contributed by atoms with Crippen molar-refractivity contribution in [2.24, 2.45) is 0 Å². The number of hydrogen-bond donors (Lipinski definition) is 0. The first-order valence-electron chi connectivity index (χ1n) is 10.3. The van der Waals surface area contributed by atoms with Crippen molar-refractivity contribution in [1.29, 1.82) is 0 Å². The zero-order valence-electron chi connectivity index (χ0n) is 18.1. The summed E-state index contributed by atoms with van der Waals surface area (Å²) in [7, 11) is -2.16. The zero-order chi connectivity index (χ0) is 21.9. The first-order valence-corrected chi connectivity index (χ1v) is 11.7. The highest BCUT2D eigenvalue weighted by molar-refractivity contribution is 7.89. The molecule has 30 heavy (non-hydrogen) atoms. The van der Waals surface area contributed by atoms with E-state index in [-0.39, 0.29) is 18.4 Å². The molecule has 164 valence electrons. The van der Waals surface area contributed by atoms with Crippen LogP contribution >= 0.6 is 0 Å². The maximum Gasteiger partial charge on any atom is 0.305 e. The van der Waals surface area contributed by atoms with Crippen molar-refractivity contribution >= 4 is 16.0 Å². The molecule has 1 aromatic carbocycles.